The Morgan fingerprint density at radius 1 is 1.64 bits per heavy atom. The molecular weight excluding hydrogens is 144 g/mol. The topological polar surface area (TPSA) is 66.2 Å². The van der Waals surface area contributed by atoms with Crippen molar-refractivity contribution in [3.8, 4) is 0 Å². The summed E-state index contributed by atoms with van der Waals surface area (Å²) in [4.78, 5) is 14.5. The second kappa shape index (κ2) is 1.98. The lowest BCUT2D eigenvalue weighted by atomic mass is 10.1. The Morgan fingerprint density at radius 3 is 3.27 bits per heavy atom. The average molecular weight is 150 g/mol. The van der Waals surface area contributed by atoms with Crippen LogP contribution < -0.4 is 5.32 Å². The standard InChI is InChI=1S/C6H6N4O/c1-3-5-4(2-7-10-5)9-6(11)8-3/h2,4H,1H3,(H,9,11). The molecule has 0 aromatic rings. The van der Waals surface area contributed by atoms with Crippen molar-refractivity contribution in [3.05, 3.63) is 0 Å². The number of carbonyl (C=O) groups is 1. The number of nitrogens with one attached hydrogen (secondary N) is 1. The Kier molecular flexibility index (Phi) is 1.12. The van der Waals surface area contributed by atoms with Crippen molar-refractivity contribution in [1.29, 1.82) is 0 Å². The van der Waals surface area contributed by atoms with E-state index in [1.165, 1.54) is 0 Å². The number of nitrogens with zero attached hydrogens (tertiary/aromatic N) is 3. The zero-order valence-electron chi connectivity index (χ0n) is 5.90. The summed E-state index contributed by atoms with van der Waals surface area (Å²) in [6, 6.07) is -0.472. The molecule has 2 heterocycles. The molecule has 0 radical (unpaired) electrons. The number of urea groups is 1. The molecule has 2 amide bonds. The van der Waals surface area contributed by atoms with Gasteiger partial charge in [0.2, 0.25) is 0 Å². The minimum atomic E-state index is -0.320. The van der Waals surface area contributed by atoms with Gasteiger partial charge in [-0.1, -0.05) is 0 Å². The molecule has 5 heteroatoms. The van der Waals surface area contributed by atoms with Crippen molar-refractivity contribution in [1.82, 2.24) is 5.32 Å². The van der Waals surface area contributed by atoms with Crippen LogP contribution >= 0.6 is 0 Å². The van der Waals surface area contributed by atoms with Gasteiger partial charge in [-0.15, -0.1) is 0 Å². The van der Waals surface area contributed by atoms with Crippen molar-refractivity contribution in [2.24, 2.45) is 15.2 Å². The summed E-state index contributed by atoms with van der Waals surface area (Å²) in [5.74, 6) is 0. The molecule has 5 nitrogen and oxygen atoms in total. The molecule has 0 spiro atoms. The molecule has 2 aliphatic rings. The van der Waals surface area contributed by atoms with E-state index in [-0.39, 0.29) is 12.1 Å². The van der Waals surface area contributed by atoms with Gasteiger partial charge in [-0.2, -0.15) is 15.2 Å². The lowest BCUT2D eigenvalue weighted by molar-refractivity contribution is 0.249. The van der Waals surface area contributed by atoms with Gasteiger partial charge in [0.1, 0.15) is 11.8 Å². The maximum atomic E-state index is 10.8. The molecule has 0 saturated heterocycles. The van der Waals surface area contributed by atoms with E-state index in [9.17, 15) is 4.79 Å². The number of hydrogen-bond acceptors (Lipinski definition) is 3. The molecule has 0 bridgehead atoms. The van der Waals surface area contributed by atoms with E-state index in [1.807, 2.05) is 0 Å². The number of amides is 2. The van der Waals surface area contributed by atoms with Crippen LogP contribution in [0, 0.1) is 0 Å². The Balaban J connectivity index is 2.42. The van der Waals surface area contributed by atoms with E-state index in [2.05, 4.69) is 20.5 Å². The van der Waals surface area contributed by atoms with Crippen LogP contribution in [0.5, 0.6) is 0 Å². The van der Waals surface area contributed by atoms with E-state index in [0.29, 0.717) is 5.71 Å². The summed E-state index contributed by atoms with van der Waals surface area (Å²) < 4.78 is 0. The zero-order valence-corrected chi connectivity index (χ0v) is 5.90. The van der Waals surface area contributed by atoms with E-state index >= 15 is 0 Å². The predicted molar refractivity (Wildman–Crippen MR) is 41.4 cm³/mol. The van der Waals surface area contributed by atoms with Crippen LogP contribution in [0.25, 0.3) is 0 Å². The van der Waals surface area contributed by atoms with E-state index in [0.717, 1.165) is 5.71 Å². The molecule has 0 fully saturated rings. The number of carbonyl (C=O) groups excluding carboxylic acids is 1. The molecule has 1 atom stereocenters. The largest absolute Gasteiger partial charge is 0.342 e. The monoisotopic (exact) mass is 150 g/mol. The lowest BCUT2D eigenvalue weighted by Gasteiger charge is -2.15. The average Bonchev–Trinajstić information content (AvgIpc) is 2.34. The molecule has 11 heavy (non-hydrogen) atoms. The highest BCUT2D eigenvalue weighted by Gasteiger charge is 2.26. The highest BCUT2D eigenvalue weighted by atomic mass is 16.2. The second-order valence-corrected chi connectivity index (χ2v) is 2.37. The SMILES string of the molecule is CC1=NC(=O)NC2C=NN=C12. The summed E-state index contributed by atoms with van der Waals surface area (Å²) in [6.07, 6.45) is 1.59. The molecule has 0 aromatic heterocycles. The first kappa shape index (κ1) is 6.21. The van der Waals surface area contributed by atoms with E-state index in [1.54, 1.807) is 13.1 Å². The molecule has 2 aliphatic heterocycles. The van der Waals surface area contributed by atoms with Crippen LogP contribution in [-0.2, 0) is 0 Å². The fraction of sp³-hybridized carbons (Fsp3) is 0.333. The molecule has 2 rings (SSSR count). The Labute approximate surface area is 62.9 Å². The molecule has 56 valence electrons. The third-order valence-electron chi connectivity index (χ3n) is 1.59. The first-order valence-corrected chi connectivity index (χ1v) is 3.24. The third kappa shape index (κ3) is 0.849. The van der Waals surface area contributed by atoms with Gasteiger partial charge in [0.05, 0.1) is 11.9 Å². The van der Waals surface area contributed by atoms with Crippen molar-refractivity contribution in [2.75, 3.05) is 0 Å². The van der Waals surface area contributed by atoms with Crippen molar-refractivity contribution >= 4 is 23.7 Å². The molecule has 0 aromatic carbocycles. The highest BCUT2D eigenvalue weighted by Crippen LogP contribution is 2.04. The highest BCUT2D eigenvalue weighted by molar-refractivity contribution is 6.49. The van der Waals surface area contributed by atoms with Crippen LogP contribution in [0.3, 0.4) is 0 Å². The molecule has 1 unspecified atom stereocenters. The fourth-order valence-corrected chi connectivity index (χ4v) is 1.07. The minimum absolute atomic E-state index is 0.153. The van der Waals surface area contributed by atoms with Crippen molar-refractivity contribution in [2.45, 2.75) is 13.0 Å². The van der Waals surface area contributed by atoms with Gasteiger partial charge in [0, 0.05) is 0 Å². The van der Waals surface area contributed by atoms with Gasteiger partial charge in [-0.25, -0.2) is 4.79 Å². The Morgan fingerprint density at radius 2 is 2.45 bits per heavy atom. The predicted octanol–water partition coefficient (Wildman–Crippen LogP) is -0.0205. The Hall–Kier alpha value is -1.52. The summed E-state index contributed by atoms with van der Waals surface area (Å²) in [5, 5.41) is 10.1. The molecular formula is C6H6N4O. The first-order valence-electron chi connectivity index (χ1n) is 3.24. The number of rotatable bonds is 0. The summed E-state index contributed by atoms with van der Waals surface area (Å²) in [5.41, 5.74) is 1.39. The van der Waals surface area contributed by atoms with Crippen LogP contribution in [0.1, 0.15) is 6.92 Å². The lowest BCUT2D eigenvalue weighted by Crippen LogP contribution is -2.46. The van der Waals surface area contributed by atoms with Gasteiger partial charge in [0.25, 0.3) is 0 Å². The van der Waals surface area contributed by atoms with Crippen LogP contribution in [0.15, 0.2) is 15.2 Å². The Bertz CT molecular complexity index is 302. The summed E-state index contributed by atoms with van der Waals surface area (Å²) in [7, 11) is 0. The number of hydrogen-bond donors (Lipinski definition) is 1. The van der Waals surface area contributed by atoms with Gasteiger partial charge in [-0.05, 0) is 6.92 Å². The maximum Gasteiger partial charge on any atom is 0.342 e. The normalized spacial score (nSPS) is 27.4. The fourth-order valence-electron chi connectivity index (χ4n) is 1.07. The number of fused-ring (bicyclic) bond motifs is 1. The zero-order chi connectivity index (χ0) is 7.84. The van der Waals surface area contributed by atoms with Crippen LogP contribution in [0.2, 0.25) is 0 Å². The van der Waals surface area contributed by atoms with Gasteiger partial charge < -0.3 is 5.32 Å². The van der Waals surface area contributed by atoms with Crippen molar-refractivity contribution in [3.63, 3.8) is 0 Å². The number of aliphatic imine (C=N–C) groups is 1. The third-order valence-corrected chi connectivity index (χ3v) is 1.59. The van der Waals surface area contributed by atoms with Crippen LogP contribution in [0.4, 0.5) is 4.79 Å². The smallest absolute Gasteiger partial charge is 0.323 e. The van der Waals surface area contributed by atoms with Gasteiger partial charge in [0.15, 0.2) is 0 Å². The van der Waals surface area contributed by atoms with E-state index in [4.69, 9.17) is 0 Å². The van der Waals surface area contributed by atoms with E-state index < -0.39 is 0 Å². The maximum absolute atomic E-state index is 10.8. The van der Waals surface area contributed by atoms with Crippen LogP contribution in [-0.4, -0.2) is 29.7 Å². The molecule has 1 N–H and O–H groups in total. The van der Waals surface area contributed by atoms with Gasteiger partial charge in [-0.3, -0.25) is 0 Å². The quantitative estimate of drug-likeness (QED) is 0.518. The minimum Gasteiger partial charge on any atom is -0.323 e. The van der Waals surface area contributed by atoms with Gasteiger partial charge >= 0.3 is 6.03 Å². The second-order valence-electron chi connectivity index (χ2n) is 2.37. The first-order chi connectivity index (χ1) is 5.27. The molecule has 0 aliphatic carbocycles. The summed E-state index contributed by atoms with van der Waals surface area (Å²) in [6.45, 7) is 1.75. The summed E-state index contributed by atoms with van der Waals surface area (Å²) >= 11 is 0. The van der Waals surface area contributed by atoms with Crippen molar-refractivity contribution < 1.29 is 4.79 Å². The molecule has 0 saturated carbocycles.